The minimum absolute atomic E-state index is 0.156. The predicted molar refractivity (Wildman–Crippen MR) is 57.2 cm³/mol. The summed E-state index contributed by atoms with van der Waals surface area (Å²) in [6.45, 7) is 8.58. The molecule has 1 heterocycles. The van der Waals surface area contributed by atoms with E-state index in [0.29, 0.717) is 0 Å². The summed E-state index contributed by atoms with van der Waals surface area (Å²) in [4.78, 5) is 3.07. The molecule has 1 atom stereocenters. The van der Waals surface area contributed by atoms with Gasteiger partial charge in [0.1, 0.15) is 6.54 Å². The summed E-state index contributed by atoms with van der Waals surface area (Å²) in [5, 5.41) is 12.9. The van der Waals surface area contributed by atoms with Crippen LogP contribution in [0.25, 0.3) is 4.85 Å². The number of rotatable bonds is 4. The Morgan fingerprint density at radius 3 is 2.56 bits per heavy atom. The summed E-state index contributed by atoms with van der Waals surface area (Å²) in [5.41, 5.74) is -0.892. The Balaban J connectivity index is 2.82. The van der Waals surface area contributed by atoms with E-state index in [-0.39, 0.29) is 6.54 Å². The smallest absolute Gasteiger partial charge is 0.292 e. The lowest BCUT2D eigenvalue weighted by molar-refractivity contribution is -0.137. The van der Waals surface area contributed by atoms with Crippen LogP contribution < -0.4 is 0 Å². The van der Waals surface area contributed by atoms with Gasteiger partial charge in [0.2, 0.25) is 0 Å². The molecule has 1 unspecified atom stereocenters. The van der Waals surface area contributed by atoms with E-state index in [4.69, 9.17) is 11.8 Å². The normalized spacial score (nSPS) is 14.6. The van der Waals surface area contributed by atoms with Gasteiger partial charge in [-0.3, -0.25) is 9.53 Å². The van der Waals surface area contributed by atoms with Crippen molar-refractivity contribution in [3.8, 4) is 6.07 Å². The fourth-order valence-corrected chi connectivity index (χ4v) is 1.46. The summed E-state index contributed by atoms with van der Waals surface area (Å²) in [6.07, 6.45) is -2.95. The van der Waals surface area contributed by atoms with Crippen LogP contribution in [0.2, 0.25) is 0 Å². The van der Waals surface area contributed by atoms with Crippen LogP contribution in [0.5, 0.6) is 0 Å². The lowest BCUT2D eigenvalue weighted by Crippen LogP contribution is -2.31. The largest absolute Gasteiger partial charge is 0.389 e. The van der Waals surface area contributed by atoms with E-state index < -0.39 is 24.6 Å². The molecule has 0 saturated heterocycles. The van der Waals surface area contributed by atoms with Gasteiger partial charge in [-0.1, -0.05) is 0 Å². The molecule has 0 spiro atoms. The summed E-state index contributed by atoms with van der Waals surface area (Å²) in [5.74, 6) is 0. The molecule has 0 bridgehead atoms. The molecule has 7 heteroatoms. The highest BCUT2D eigenvalue weighted by molar-refractivity contribution is 5.16. The van der Waals surface area contributed by atoms with Crippen LogP contribution in [-0.4, -0.2) is 21.5 Å². The summed E-state index contributed by atoms with van der Waals surface area (Å²) >= 11 is 0. The summed E-state index contributed by atoms with van der Waals surface area (Å²) in [6, 6.07) is 1.68. The predicted octanol–water partition coefficient (Wildman–Crippen LogP) is 2.72. The Morgan fingerprint density at radius 2 is 2.17 bits per heavy atom. The van der Waals surface area contributed by atoms with Crippen LogP contribution in [0.15, 0.2) is 12.4 Å². The van der Waals surface area contributed by atoms with Crippen molar-refractivity contribution in [1.82, 2.24) is 9.78 Å². The molecular formula is C11H11F3N4. The van der Waals surface area contributed by atoms with Gasteiger partial charge in [-0.05, 0) is 12.5 Å². The maximum atomic E-state index is 12.2. The van der Waals surface area contributed by atoms with Crippen molar-refractivity contribution in [2.24, 2.45) is 0 Å². The van der Waals surface area contributed by atoms with Crippen LogP contribution in [0.3, 0.4) is 0 Å². The summed E-state index contributed by atoms with van der Waals surface area (Å²) in [7, 11) is 0. The first kappa shape index (κ1) is 14.0. The molecule has 0 N–H and O–H groups in total. The number of hydrogen-bond donors (Lipinski definition) is 0. The fraction of sp³-hybridized carbons (Fsp3) is 0.545. The van der Waals surface area contributed by atoms with E-state index in [9.17, 15) is 13.2 Å². The van der Waals surface area contributed by atoms with Gasteiger partial charge in [-0.15, -0.1) is 0 Å². The zero-order valence-corrected chi connectivity index (χ0v) is 9.70. The Hall–Kier alpha value is -2.02. The van der Waals surface area contributed by atoms with Crippen molar-refractivity contribution in [1.29, 1.82) is 5.26 Å². The monoisotopic (exact) mass is 256 g/mol. The average molecular weight is 256 g/mol. The van der Waals surface area contributed by atoms with Gasteiger partial charge in [-0.2, -0.15) is 23.5 Å². The molecule has 0 aliphatic carbocycles. The molecule has 1 aromatic rings. The third-order valence-electron chi connectivity index (χ3n) is 2.43. The molecule has 0 saturated carbocycles. The zero-order valence-electron chi connectivity index (χ0n) is 9.70. The lowest BCUT2D eigenvalue weighted by atomic mass is 9.96. The van der Waals surface area contributed by atoms with Crippen LogP contribution in [0, 0.1) is 24.8 Å². The molecule has 0 aliphatic heterocycles. The molecule has 18 heavy (non-hydrogen) atoms. The van der Waals surface area contributed by atoms with Crippen molar-refractivity contribution in [3.05, 3.63) is 29.4 Å². The number of aromatic nitrogens is 2. The van der Waals surface area contributed by atoms with Crippen molar-refractivity contribution in [3.63, 3.8) is 0 Å². The number of halogens is 3. The molecular weight excluding hydrogens is 245 g/mol. The van der Waals surface area contributed by atoms with Crippen molar-refractivity contribution in [2.45, 2.75) is 38.0 Å². The topological polar surface area (TPSA) is 46.0 Å². The molecule has 0 aromatic carbocycles. The van der Waals surface area contributed by atoms with E-state index in [1.807, 2.05) is 0 Å². The lowest BCUT2D eigenvalue weighted by Gasteiger charge is -2.15. The maximum absolute atomic E-state index is 12.2. The Bertz CT molecular complexity index is 476. The SMILES string of the molecule is [C-]#[N+]C(C#N)(CCC(F)(F)F)Cn1cc(C)cn1. The molecule has 96 valence electrons. The van der Waals surface area contributed by atoms with Crippen molar-refractivity contribution < 1.29 is 13.2 Å². The van der Waals surface area contributed by atoms with Gasteiger partial charge >= 0.3 is 11.7 Å². The second-order valence-electron chi connectivity index (χ2n) is 4.09. The van der Waals surface area contributed by atoms with E-state index in [0.717, 1.165) is 5.56 Å². The van der Waals surface area contributed by atoms with Gasteiger partial charge in [0.25, 0.3) is 0 Å². The van der Waals surface area contributed by atoms with Crippen LogP contribution in [0.1, 0.15) is 18.4 Å². The number of aryl methyl sites for hydroxylation is 1. The second-order valence-corrected chi connectivity index (χ2v) is 4.09. The third kappa shape index (κ3) is 3.77. The van der Waals surface area contributed by atoms with Gasteiger partial charge in [-0.25, -0.2) is 6.57 Å². The number of alkyl halides is 3. The highest BCUT2D eigenvalue weighted by atomic mass is 19.4. The van der Waals surface area contributed by atoms with E-state index >= 15 is 0 Å². The average Bonchev–Trinajstić information content (AvgIpc) is 2.69. The molecule has 1 rings (SSSR count). The Morgan fingerprint density at radius 1 is 1.50 bits per heavy atom. The van der Waals surface area contributed by atoms with Crippen molar-refractivity contribution in [2.75, 3.05) is 0 Å². The molecule has 0 fully saturated rings. The van der Waals surface area contributed by atoms with Crippen molar-refractivity contribution >= 4 is 0 Å². The second kappa shape index (κ2) is 5.09. The van der Waals surface area contributed by atoms with Gasteiger partial charge in [0, 0.05) is 6.20 Å². The first-order valence-electron chi connectivity index (χ1n) is 5.16. The Labute approximate surface area is 102 Å². The van der Waals surface area contributed by atoms with Gasteiger partial charge in [0.15, 0.2) is 6.07 Å². The number of hydrogen-bond acceptors (Lipinski definition) is 2. The first-order chi connectivity index (χ1) is 8.30. The Kier molecular flexibility index (Phi) is 3.97. The number of nitriles is 1. The van der Waals surface area contributed by atoms with E-state index in [1.165, 1.54) is 10.9 Å². The first-order valence-corrected chi connectivity index (χ1v) is 5.16. The standard InChI is InChI=1S/C11H11F3N4/c1-9-5-17-18(6-9)8-10(7-15,16-2)3-4-11(12,13)14/h5-6H,3-4,8H2,1H3. The molecule has 0 aliphatic rings. The zero-order chi connectivity index (χ0) is 13.8. The number of nitrogens with zero attached hydrogens (tertiary/aromatic N) is 4. The van der Waals surface area contributed by atoms with Gasteiger partial charge < -0.3 is 0 Å². The molecule has 1 aromatic heterocycles. The highest BCUT2D eigenvalue weighted by Gasteiger charge is 2.42. The molecule has 4 nitrogen and oxygen atoms in total. The molecule has 0 amide bonds. The summed E-state index contributed by atoms with van der Waals surface area (Å²) < 4.78 is 37.8. The van der Waals surface area contributed by atoms with Crippen LogP contribution in [0.4, 0.5) is 13.2 Å². The third-order valence-corrected chi connectivity index (χ3v) is 2.43. The quantitative estimate of drug-likeness (QED) is 0.777. The maximum Gasteiger partial charge on any atom is 0.389 e. The molecule has 0 radical (unpaired) electrons. The van der Waals surface area contributed by atoms with Gasteiger partial charge in [0.05, 0.1) is 19.0 Å². The fourth-order valence-electron chi connectivity index (χ4n) is 1.46. The highest BCUT2D eigenvalue weighted by Crippen LogP contribution is 2.28. The minimum atomic E-state index is -4.37. The van der Waals surface area contributed by atoms with E-state index in [1.54, 1.807) is 19.2 Å². The van der Waals surface area contributed by atoms with Crippen LogP contribution in [-0.2, 0) is 6.54 Å². The van der Waals surface area contributed by atoms with Crippen LogP contribution >= 0.6 is 0 Å². The van der Waals surface area contributed by atoms with E-state index in [2.05, 4.69) is 9.94 Å². The minimum Gasteiger partial charge on any atom is -0.292 e.